The van der Waals surface area contributed by atoms with Crippen LogP contribution in [0.5, 0.6) is 0 Å². The van der Waals surface area contributed by atoms with E-state index in [1.54, 1.807) is 0 Å². The lowest BCUT2D eigenvalue weighted by Crippen LogP contribution is -2.02. The van der Waals surface area contributed by atoms with Gasteiger partial charge in [-0.3, -0.25) is 0 Å². The van der Waals surface area contributed by atoms with Crippen LogP contribution < -0.4 is 0 Å². The summed E-state index contributed by atoms with van der Waals surface area (Å²) in [6.07, 6.45) is 6.00. The molecule has 0 fully saturated rings. The van der Waals surface area contributed by atoms with Gasteiger partial charge in [-0.1, -0.05) is 19.1 Å². The van der Waals surface area contributed by atoms with E-state index in [1.165, 1.54) is 0 Å². The van der Waals surface area contributed by atoms with Gasteiger partial charge >= 0.3 is 7.25 Å². The third-order valence-electron chi connectivity index (χ3n) is 0.408. The lowest BCUT2D eigenvalue weighted by molar-refractivity contribution is 0.368. The highest BCUT2D eigenvalue weighted by Crippen LogP contribution is 2.06. The van der Waals surface area contributed by atoms with Gasteiger partial charge < -0.3 is 17.3 Å². The number of rotatable bonds is 1. The van der Waals surface area contributed by atoms with E-state index in [9.17, 15) is 17.3 Å². The number of allylic oxidation sites excluding steroid dienone is 2. The van der Waals surface area contributed by atoms with Gasteiger partial charge in [-0.2, -0.15) is 0 Å². The summed E-state index contributed by atoms with van der Waals surface area (Å²) < 4.78 is 39.0. The van der Waals surface area contributed by atoms with Crippen LogP contribution >= 0.6 is 0 Å². The van der Waals surface area contributed by atoms with Crippen molar-refractivity contribution in [1.82, 2.24) is 0 Å². The zero-order chi connectivity index (χ0) is 8.62. The molecule has 0 aliphatic heterocycles. The molecule has 0 amide bonds. The van der Waals surface area contributed by atoms with Crippen LogP contribution in [-0.4, -0.2) is 7.25 Å². The zero-order valence-electron chi connectivity index (χ0n) is 5.87. The normalized spacial score (nSPS) is 11.0. The van der Waals surface area contributed by atoms with E-state index < -0.39 is 7.25 Å². The zero-order valence-corrected chi connectivity index (χ0v) is 5.87. The summed E-state index contributed by atoms with van der Waals surface area (Å²) in [4.78, 5) is 0. The highest BCUT2D eigenvalue weighted by Gasteiger charge is 2.20. The first-order valence-corrected chi connectivity index (χ1v) is 2.78. The molecule has 0 heterocycles. The molecule has 0 saturated carbocycles. The average molecular weight is 156 g/mol. The second-order valence-electron chi connectivity index (χ2n) is 1.40. The van der Waals surface area contributed by atoms with E-state index >= 15 is 0 Å². The Kier molecular flexibility index (Phi) is 8.12. The number of hydrogen-bond donors (Lipinski definition) is 0. The molecule has 0 saturated heterocycles. The summed E-state index contributed by atoms with van der Waals surface area (Å²) in [5.41, 5.74) is 0. The maximum Gasteiger partial charge on any atom is 0.673 e. The fourth-order valence-electron chi connectivity index (χ4n) is 0.204. The molecule has 0 nitrogen and oxygen atoms in total. The molecule has 0 bridgehead atoms. The van der Waals surface area contributed by atoms with Crippen LogP contribution in [0, 0.1) is 6.08 Å². The summed E-state index contributed by atoms with van der Waals surface area (Å²) in [7, 11) is -6.00. The SMILES string of the molecule is C/[C]=C/CC.F[B-](F)(F)F. The number of halogens is 4. The first kappa shape index (κ1) is 12.2. The van der Waals surface area contributed by atoms with E-state index in [-0.39, 0.29) is 0 Å². The highest BCUT2D eigenvalue weighted by molar-refractivity contribution is 6.50. The molecule has 0 aromatic carbocycles. The molecular formula is C5H9BF4-. The van der Waals surface area contributed by atoms with E-state index in [0.29, 0.717) is 0 Å². The molecule has 0 N–H and O–H groups in total. The fourth-order valence-corrected chi connectivity index (χ4v) is 0.204. The van der Waals surface area contributed by atoms with Gasteiger partial charge in [-0.15, -0.1) is 0 Å². The summed E-state index contributed by atoms with van der Waals surface area (Å²) in [6, 6.07) is 0. The van der Waals surface area contributed by atoms with Crippen molar-refractivity contribution in [2.24, 2.45) is 0 Å². The van der Waals surface area contributed by atoms with Crippen LogP contribution in [0.25, 0.3) is 0 Å². The van der Waals surface area contributed by atoms with Crippen LogP contribution in [0.2, 0.25) is 0 Å². The molecule has 0 aliphatic carbocycles. The summed E-state index contributed by atoms with van der Waals surface area (Å²) in [6.45, 7) is 4.00. The Bertz CT molecular complexity index is 80.1. The fraction of sp³-hybridized carbons (Fsp3) is 0.600. The minimum absolute atomic E-state index is 1.11. The first-order valence-electron chi connectivity index (χ1n) is 2.78. The Morgan fingerprint density at radius 1 is 1.30 bits per heavy atom. The van der Waals surface area contributed by atoms with Crippen LogP contribution in [0.4, 0.5) is 17.3 Å². The van der Waals surface area contributed by atoms with Crippen molar-refractivity contribution in [1.29, 1.82) is 0 Å². The highest BCUT2D eigenvalue weighted by atomic mass is 19.5. The Balaban J connectivity index is 0. The molecule has 0 aromatic rings. The molecule has 1 radical (unpaired) electrons. The minimum atomic E-state index is -6.00. The van der Waals surface area contributed by atoms with Crippen molar-refractivity contribution in [3.8, 4) is 0 Å². The predicted octanol–water partition coefficient (Wildman–Crippen LogP) is 3.08. The topological polar surface area (TPSA) is 0 Å². The van der Waals surface area contributed by atoms with Crippen LogP contribution in [0.3, 0.4) is 0 Å². The molecule has 0 aliphatic rings. The van der Waals surface area contributed by atoms with E-state index in [1.807, 2.05) is 13.0 Å². The Labute approximate surface area is 58.0 Å². The molecule has 0 rings (SSSR count). The van der Waals surface area contributed by atoms with Crippen molar-refractivity contribution in [3.63, 3.8) is 0 Å². The van der Waals surface area contributed by atoms with Gasteiger partial charge in [-0.25, -0.2) is 0 Å². The van der Waals surface area contributed by atoms with Crippen molar-refractivity contribution in [3.05, 3.63) is 12.2 Å². The summed E-state index contributed by atoms with van der Waals surface area (Å²) >= 11 is 0. The Morgan fingerprint density at radius 3 is 1.60 bits per heavy atom. The smallest absolute Gasteiger partial charge is 0.418 e. The van der Waals surface area contributed by atoms with E-state index in [4.69, 9.17) is 0 Å². The predicted molar refractivity (Wildman–Crippen MR) is 34.0 cm³/mol. The molecule has 0 unspecified atom stereocenters. The van der Waals surface area contributed by atoms with Gasteiger partial charge in [0.25, 0.3) is 0 Å². The van der Waals surface area contributed by atoms with Gasteiger partial charge in [0, 0.05) is 0 Å². The molecule has 10 heavy (non-hydrogen) atoms. The lowest BCUT2D eigenvalue weighted by Gasteiger charge is -1.94. The van der Waals surface area contributed by atoms with Gasteiger partial charge in [-0.05, 0) is 13.3 Å². The van der Waals surface area contributed by atoms with E-state index in [2.05, 4.69) is 13.0 Å². The molecule has 0 atom stereocenters. The van der Waals surface area contributed by atoms with Crippen LogP contribution in [0.1, 0.15) is 20.3 Å². The van der Waals surface area contributed by atoms with Crippen molar-refractivity contribution < 1.29 is 17.3 Å². The molecular weight excluding hydrogens is 147 g/mol. The van der Waals surface area contributed by atoms with Gasteiger partial charge in [0.1, 0.15) is 0 Å². The molecule has 0 aromatic heterocycles. The Morgan fingerprint density at radius 2 is 1.60 bits per heavy atom. The second kappa shape index (κ2) is 6.64. The maximum absolute atomic E-state index is 9.75. The quantitative estimate of drug-likeness (QED) is 0.404. The third kappa shape index (κ3) is 138. The minimum Gasteiger partial charge on any atom is -0.418 e. The van der Waals surface area contributed by atoms with Crippen LogP contribution in [-0.2, 0) is 0 Å². The van der Waals surface area contributed by atoms with Gasteiger partial charge in [0.2, 0.25) is 0 Å². The van der Waals surface area contributed by atoms with Crippen molar-refractivity contribution >= 4 is 7.25 Å². The summed E-state index contributed by atoms with van der Waals surface area (Å²) in [5.74, 6) is 0. The largest absolute Gasteiger partial charge is 0.673 e. The Hall–Kier alpha value is -0.475. The number of hydrogen-bond acceptors (Lipinski definition) is 0. The van der Waals surface area contributed by atoms with Crippen LogP contribution in [0.15, 0.2) is 6.08 Å². The van der Waals surface area contributed by atoms with E-state index in [0.717, 1.165) is 6.42 Å². The first-order chi connectivity index (χ1) is 4.41. The second-order valence-corrected chi connectivity index (χ2v) is 1.40. The molecule has 5 heteroatoms. The molecule has 61 valence electrons. The lowest BCUT2D eigenvalue weighted by atomic mass is 10.3. The van der Waals surface area contributed by atoms with Gasteiger partial charge in [0.15, 0.2) is 0 Å². The summed E-state index contributed by atoms with van der Waals surface area (Å²) in [5, 5.41) is 0. The standard InChI is InChI=1S/C5H9.BF4/c1-3-5-4-2;2-1(3,4)5/h5H,3H2,1-2H3;/q;-1. The maximum atomic E-state index is 9.75. The third-order valence-corrected chi connectivity index (χ3v) is 0.408. The average Bonchev–Trinajstić information content (AvgIpc) is 1.63. The monoisotopic (exact) mass is 156 g/mol. The van der Waals surface area contributed by atoms with Crippen molar-refractivity contribution in [2.45, 2.75) is 20.3 Å². The van der Waals surface area contributed by atoms with Gasteiger partial charge in [0.05, 0.1) is 0 Å². The van der Waals surface area contributed by atoms with Crippen molar-refractivity contribution in [2.75, 3.05) is 0 Å². The molecule has 0 spiro atoms.